The summed E-state index contributed by atoms with van der Waals surface area (Å²) in [7, 11) is 0. The molecule has 0 radical (unpaired) electrons. The quantitative estimate of drug-likeness (QED) is 0.591. The number of furan rings is 1. The summed E-state index contributed by atoms with van der Waals surface area (Å²) in [5.74, 6) is -2.80. The second-order valence-corrected chi connectivity index (χ2v) is 5.79. The van der Waals surface area contributed by atoms with Crippen LogP contribution in [0.5, 0.6) is 0 Å². The third-order valence-corrected chi connectivity index (χ3v) is 3.89. The van der Waals surface area contributed by atoms with E-state index < -0.39 is 41.2 Å². The lowest BCUT2D eigenvalue weighted by atomic mass is 10.1. The van der Waals surface area contributed by atoms with Gasteiger partial charge >= 0.3 is 12.2 Å². The monoisotopic (exact) mass is 384 g/mol. The van der Waals surface area contributed by atoms with Gasteiger partial charge in [-0.3, -0.25) is 0 Å². The van der Waals surface area contributed by atoms with Crippen molar-refractivity contribution in [2.45, 2.75) is 19.1 Å². The lowest BCUT2D eigenvalue weighted by molar-refractivity contribution is -0.158. The molecule has 3 rings (SSSR count). The van der Waals surface area contributed by atoms with Crippen LogP contribution in [0.2, 0.25) is 0 Å². The van der Waals surface area contributed by atoms with Crippen molar-refractivity contribution in [1.82, 2.24) is 5.32 Å². The van der Waals surface area contributed by atoms with Gasteiger partial charge in [0.2, 0.25) is 0 Å². The van der Waals surface area contributed by atoms with Gasteiger partial charge < -0.3 is 15.1 Å². The molecule has 0 bridgehead atoms. The Morgan fingerprint density at radius 1 is 1.11 bits per heavy atom. The summed E-state index contributed by atoms with van der Waals surface area (Å²) in [6.45, 7) is 1.23. The summed E-state index contributed by atoms with van der Waals surface area (Å²) < 4.78 is 72.8. The third kappa shape index (κ3) is 3.86. The standard InChI is InChI=1S/C18H13F5N2O2/c1-9-12-7-10(19)8-13(20)15(12)27-14(9)16(18(21,22)23)25-17(26)24-11-5-3-2-4-6-11/h2-8,16H,1H3,(H2,24,25,26)/t16-/m0/s1. The molecule has 142 valence electrons. The van der Waals surface area contributed by atoms with Gasteiger partial charge in [0, 0.05) is 22.7 Å². The Bertz CT molecular complexity index is 983. The molecule has 0 saturated carbocycles. The van der Waals surface area contributed by atoms with Crippen LogP contribution in [-0.4, -0.2) is 12.2 Å². The van der Waals surface area contributed by atoms with E-state index in [1.807, 2.05) is 0 Å². The number of para-hydroxylation sites is 1. The van der Waals surface area contributed by atoms with Gasteiger partial charge in [0.15, 0.2) is 17.4 Å². The number of alkyl halides is 3. The first-order valence-corrected chi connectivity index (χ1v) is 7.74. The van der Waals surface area contributed by atoms with Crippen LogP contribution in [0.1, 0.15) is 17.4 Å². The number of carbonyl (C=O) groups is 1. The highest BCUT2D eigenvalue weighted by Gasteiger charge is 2.45. The number of benzene rings is 2. The Hall–Kier alpha value is -3.10. The highest BCUT2D eigenvalue weighted by atomic mass is 19.4. The van der Waals surface area contributed by atoms with Gasteiger partial charge in [-0.1, -0.05) is 18.2 Å². The molecule has 4 nitrogen and oxygen atoms in total. The molecule has 2 N–H and O–H groups in total. The van der Waals surface area contributed by atoms with E-state index in [-0.39, 0.29) is 16.6 Å². The van der Waals surface area contributed by atoms with Gasteiger partial charge in [-0.25, -0.2) is 13.6 Å². The SMILES string of the molecule is Cc1c([C@H](NC(=O)Nc2ccccc2)C(F)(F)F)oc2c(F)cc(F)cc12. The lowest BCUT2D eigenvalue weighted by Gasteiger charge is -2.20. The maximum atomic E-state index is 13.8. The van der Waals surface area contributed by atoms with E-state index in [0.717, 1.165) is 6.07 Å². The fourth-order valence-electron chi connectivity index (χ4n) is 2.65. The van der Waals surface area contributed by atoms with Crippen LogP contribution < -0.4 is 10.6 Å². The number of hydrogen-bond donors (Lipinski definition) is 2. The summed E-state index contributed by atoms with van der Waals surface area (Å²) in [5.41, 5.74) is -0.348. The lowest BCUT2D eigenvalue weighted by Crippen LogP contribution is -2.40. The Morgan fingerprint density at radius 2 is 1.78 bits per heavy atom. The molecule has 3 aromatic rings. The van der Waals surface area contributed by atoms with E-state index in [1.54, 1.807) is 23.5 Å². The van der Waals surface area contributed by atoms with Crippen molar-refractivity contribution in [3.63, 3.8) is 0 Å². The molecule has 0 saturated heterocycles. The highest BCUT2D eigenvalue weighted by molar-refractivity contribution is 5.90. The molecule has 0 spiro atoms. The van der Waals surface area contributed by atoms with Crippen molar-refractivity contribution >= 4 is 22.7 Å². The van der Waals surface area contributed by atoms with Crippen LogP contribution >= 0.6 is 0 Å². The van der Waals surface area contributed by atoms with Crippen LogP contribution in [0.3, 0.4) is 0 Å². The van der Waals surface area contributed by atoms with Crippen molar-refractivity contribution in [3.8, 4) is 0 Å². The van der Waals surface area contributed by atoms with E-state index in [0.29, 0.717) is 6.07 Å². The van der Waals surface area contributed by atoms with Crippen LogP contribution in [0.15, 0.2) is 46.9 Å². The van der Waals surface area contributed by atoms with Crippen LogP contribution in [-0.2, 0) is 0 Å². The van der Waals surface area contributed by atoms with Crippen molar-refractivity contribution in [1.29, 1.82) is 0 Å². The predicted molar refractivity (Wildman–Crippen MR) is 88.3 cm³/mol. The molecule has 0 aliphatic heterocycles. The number of aryl methyl sites for hydroxylation is 1. The van der Waals surface area contributed by atoms with Gasteiger partial charge in [0.05, 0.1) is 0 Å². The average Bonchev–Trinajstić information content (AvgIpc) is 2.90. The van der Waals surface area contributed by atoms with E-state index >= 15 is 0 Å². The molecular formula is C18H13F5N2O2. The molecule has 1 atom stereocenters. The average molecular weight is 384 g/mol. The predicted octanol–water partition coefficient (Wildman–Crippen LogP) is 5.44. The van der Waals surface area contributed by atoms with Crippen LogP contribution in [0.4, 0.5) is 32.4 Å². The molecule has 2 aromatic carbocycles. The number of anilines is 1. The molecule has 9 heteroatoms. The fourth-order valence-corrected chi connectivity index (χ4v) is 2.65. The maximum absolute atomic E-state index is 13.8. The number of carbonyl (C=O) groups excluding carboxylic acids is 1. The highest BCUT2D eigenvalue weighted by Crippen LogP contribution is 2.39. The minimum atomic E-state index is -4.93. The first kappa shape index (κ1) is 18.7. The number of urea groups is 1. The molecule has 0 aliphatic carbocycles. The number of rotatable bonds is 3. The zero-order valence-electron chi connectivity index (χ0n) is 13.8. The minimum Gasteiger partial charge on any atom is -0.455 e. The second-order valence-electron chi connectivity index (χ2n) is 5.79. The molecule has 0 aliphatic rings. The molecule has 1 aromatic heterocycles. The number of nitrogens with one attached hydrogen (secondary N) is 2. The summed E-state index contributed by atoms with van der Waals surface area (Å²) >= 11 is 0. The molecule has 0 fully saturated rings. The van der Waals surface area contributed by atoms with E-state index in [2.05, 4.69) is 5.32 Å². The molecule has 2 amide bonds. The number of halogens is 5. The Balaban J connectivity index is 1.96. The smallest absolute Gasteiger partial charge is 0.416 e. The van der Waals surface area contributed by atoms with E-state index in [4.69, 9.17) is 4.42 Å². The van der Waals surface area contributed by atoms with Crippen LogP contribution in [0.25, 0.3) is 11.0 Å². The fraction of sp³-hybridized carbons (Fsp3) is 0.167. The maximum Gasteiger partial charge on any atom is 0.416 e. The topological polar surface area (TPSA) is 54.3 Å². The molecule has 27 heavy (non-hydrogen) atoms. The van der Waals surface area contributed by atoms with Gasteiger partial charge in [-0.05, 0) is 25.1 Å². The normalized spacial score (nSPS) is 12.8. The number of fused-ring (bicyclic) bond motifs is 1. The summed E-state index contributed by atoms with van der Waals surface area (Å²) in [6.07, 6.45) is -4.93. The largest absolute Gasteiger partial charge is 0.455 e. The zero-order valence-corrected chi connectivity index (χ0v) is 13.8. The second kappa shape index (κ2) is 6.90. The molecule has 0 unspecified atom stereocenters. The summed E-state index contributed by atoms with van der Waals surface area (Å²) in [6, 6.07) is 5.55. The minimum absolute atomic E-state index is 0.120. The van der Waals surface area contributed by atoms with Gasteiger partial charge in [-0.15, -0.1) is 0 Å². The van der Waals surface area contributed by atoms with Crippen molar-refractivity contribution in [2.75, 3.05) is 5.32 Å². The van der Waals surface area contributed by atoms with Crippen molar-refractivity contribution < 1.29 is 31.2 Å². The number of amides is 2. The summed E-state index contributed by atoms with van der Waals surface area (Å²) in [4.78, 5) is 12.0. The summed E-state index contributed by atoms with van der Waals surface area (Å²) in [5, 5.41) is 3.90. The van der Waals surface area contributed by atoms with E-state index in [1.165, 1.54) is 19.1 Å². The van der Waals surface area contributed by atoms with Gasteiger partial charge in [0.1, 0.15) is 11.6 Å². The number of hydrogen-bond acceptors (Lipinski definition) is 2. The van der Waals surface area contributed by atoms with Gasteiger partial charge in [-0.2, -0.15) is 13.2 Å². The first-order valence-electron chi connectivity index (χ1n) is 7.74. The zero-order chi connectivity index (χ0) is 19.8. The van der Waals surface area contributed by atoms with Crippen molar-refractivity contribution in [3.05, 3.63) is 65.4 Å². The first-order chi connectivity index (χ1) is 12.7. The van der Waals surface area contributed by atoms with Crippen LogP contribution in [0, 0.1) is 18.6 Å². The Morgan fingerprint density at radius 3 is 2.41 bits per heavy atom. The Kier molecular flexibility index (Phi) is 4.77. The molecule has 1 heterocycles. The third-order valence-electron chi connectivity index (χ3n) is 3.89. The molecular weight excluding hydrogens is 371 g/mol. The Labute approximate surface area is 150 Å². The van der Waals surface area contributed by atoms with Crippen molar-refractivity contribution in [2.24, 2.45) is 0 Å². The van der Waals surface area contributed by atoms with Gasteiger partial charge in [0.25, 0.3) is 0 Å². The van der Waals surface area contributed by atoms with E-state index in [9.17, 15) is 26.7 Å².